The number of ether oxygens (including phenoxy) is 1. The van der Waals surface area contributed by atoms with E-state index in [1.165, 1.54) is 0 Å². The molecule has 5 heteroatoms. The van der Waals surface area contributed by atoms with Gasteiger partial charge in [0.15, 0.2) is 0 Å². The molecule has 2 unspecified atom stereocenters. The second-order valence-electron chi connectivity index (χ2n) is 4.37. The van der Waals surface area contributed by atoms with Gasteiger partial charge in [-0.15, -0.1) is 0 Å². The van der Waals surface area contributed by atoms with E-state index in [0.717, 1.165) is 25.9 Å². The van der Waals surface area contributed by atoms with Crippen LogP contribution in [0.4, 0.5) is 0 Å². The summed E-state index contributed by atoms with van der Waals surface area (Å²) in [7, 11) is 0. The Bertz CT molecular complexity index is 274. The van der Waals surface area contributed by atoms with E-state index >= 15 is 0 Å². The predicted molar refractivity (Wildman–Crippen MR) is 57.8 cm³/mol. The van der Waals surface area contributed by atoms with E-state index in [1.807, 2.05) is 0 Å². The third-order valence-corrected chi connectivity index (χ3v) is 3.10. The molecule has 2 saturated heterocycles. The van der Waals surface area contributed by atoms with Crippen LogP contribution in [0.1, 0.15) is 32.1 Å². The molecule has 2 atom stereocenters. The van der Waals surface area contributed by atoms with Gasteiger partial charge < -0.3 is 15.4 Å². The summed E-state index contributed by atoms with van der Waals surface area (Å²) in [5.41, 5.74) is 0. The van der Waals surface area contributed by atoms with Gasteiger partial charge in [0.25, 0.3) is 0 Å². The SMILES string of the molecule is O=C1CCC(C(=O)NCCC2CCCO2)N1. The van der Waals surface area contributed by atoms with Crippen LogP contribution in [0, 0.1) is 0 Å². The first-order valence-corrected chi connectivity index (χ1v) is 5.94. The smallest absolute Gasteiger partial charge is 0.242 e. The van der Waals surface area contributed by atoms with Crippen molar-refractivity contribution in [3.05, 3.63) is 0 Å². The highest BCUT2D eigenvalue weighted by Gasteiger charge is 2.26. The van der Waals surface area contributed by atoms with Gasteiger partial charge in [-0.25, -0.2) is 0 Å². The lowest BCUT2D eigenvalue weighted by Gasteiger charge is -2.13. The lowest BCUT2D eigenvalue weighted by atomic mass is 10.1. The van der Waals surface area contributed by atoms with Gasteiger partial charge >= 0.3 is 0 Å². The molecule has 5 nitrogen and oxygen atoms in total. The summed E-state index contributed by atoms with van der Waals surface area (Å²) in [5, 5.41) is 5.49. The maximum Gasteiger partial charge on any atom is 0.242 e. The van der Waals surface area contributed by atoms with Crippen LogP contribution >= 0.6 is 0 Å². The van der Waals surface area contributed by atoms with Crippen LogP contribution < -0.4 is 10.6 Å². The molecule has 0 aromatic rings. The van der Waals surface area contributed by atoms with Crippen molar-refractivity contribution in [1.29, 1.82) is 0 Å². The molecule has 0 aromatic heterocycles. The molecule has 2 N–H and O–H groups in total. The Morgan fingerprint density at radius 1 is 1.50 bits per heavy atom. The average molecular weight is 226 g/mol. The summed E-state index contributed by atoms with van der Waals surface area (Å²) in [5.74, 6) is -0.0943. The quantitative estimate of drug-likeness (QED) is 0.706. The monoisotopic (exact) mass is 226 g/mol. The minimum absolute atomic E-state index is 0.0284. The second-order valence-corrected chi connectivity index (χ2v) is 4.37. The topological polar surface area (TPSA) is 67.4 Å². The summed E-state index contributed by atoms with van der Waals surface area (Å²) in [6.07, 6.45) is 4.47. The molecule has 2 aliphatic rings. The van der Waals surface area contributed by atoms with Gasteiger partial charge in [-0.2, -0.15) is 0 Å². The molecular formula is C11H18N2O3. The Balaban J connectivity index is 1.61. The highest BCUT2D eigenvalue weighted by molar-refractivity contribution is 5.90. The Morgan fingerprint density at radius 2 is 2.38 bits per heavy atom. The minimum atomic E-state index is -0.322. The zero-order valence-electron chi connectivity index (χ0n) is 9.33. The van der Waals surface area contributed by atoms with Gasteiger partial charge in [-0.1, -0.05) is 0 Å². The van der Waals surface area contributed by atoms with Crippen LogP contribution in [-0.2, 0) is 14.3 Å². The molecule has 0 aliphatic carbocycles. The van der Waals surface area contributed by atoms with Crippen molar-refractivity contribution in [3.63, 3.8) is 0 Å². The van der Waals surface area contributed by atoms with E-state index in [-0.39, 0.29) is 17.9 Å². The molecule has 0 spiro atoms. The second kappa shape index (κ2) is 5.30. The highest BCUT2D eigenvalue weighted by Crippen LogP contribution is 2.14. The largest absolute Gasteiger partial charge is 0.378 e. The fourth-order valence-corrected chi connectivity index (χ4v) is 2.16. The summed E-state index contributed by atoms with van der Waals surface area (Å²) >= 11 is 0. The molecule has 2 heterocycles. The number of hydrogen-bond acceptors (Lipinski definition) is 3. The van der Waals surface area contributed by atoms with Crippen LogP contribution in [-0.4, -0.2) is 37.1 Å². The fraction of sp³-hybridized carbons (Fsp3) is 0.818. The number of nitrogens with one attached hydrogen (secondary N) is 2. The van der Waals surface area contributed by atoms with Crippen molar-refractivity contribution in [2.45, 2.75) is 44.2 Å². The van der Waals surface area contributed by atoms with Crippen LogP contribution in [0.5, 0.6) is 0 Å². The van der Waals surface area contributed by atoms with Gasteiger partial charge in [0.05, 0.1) is 6.10 Å². The molecule has 2 amide bonds. The summed E-state index contributed by atoms with van der Waals surface area (Å²) in [4.78, 5) is 22.5. The van der Waals surface area contributed by atoms with Gasteiger partial charge in [0.2, 0.25) is 11.8 Å². The van der Waals surface area contributed by atoms with E-state index in [2.05, 4.69) is 10.6 Å². The number of rotatable bonds is 4. The van der Waals surface area contributed by atoms with Gasteiger partial charge in [-0.3, -0.25) is 9.59 Å². The van der Waals surface area contributed by atoms with Crippen molar-refractivity contribution >= 4 is 11.8 Å². The molecule has 0 radical (unpaired) electrons. The number of carbonyl (C=O) groups excluding carboxylic acids is 2. The Labute approximate surface area is 94.9 Å². The third kappa shape index (κ3) is 2.95. The molecule has 2 rings (SSSR count). The van der Waals surface area contributed by atoms with Crippen molar-refractivity contribution < 1.29 is 14.3 Å². The summed E-state index contributed by atoms with van der Waals surface area (Å²) in [6.45, 7) is 1.48. The molecule has 90 valence electrons. The Morgan fingerprint density at radius 3 is 3.00 bits per heavy atom. The van der Waals surface area contributed by atoms with Gasteiger partial charge in [0, 0.05) is 19.6 Å². The first kappa shape index (κ1) is 11.4. The zero-order chi connectivity index (χ0) is 11.4. The Kier molecular flexibility index (Phi) is 3.77. The molecule has 0 saturated carbocycles. The van der Waals surface area contributed by atoms with E-state index in [1.54, 1.807) is 0 Å². The maximum atomic E-state index is 11.6. The van der Waals surface area contributed by atoms with Crippen molar-refractivity contribution in [1.82, 2.24) is 10.6 Å². The number of hydrogen-bond donors (Lipinski definition) is 2. The van der Waals surface area contributed by atoms with Crippen molar-refractivity contribution in [3.8, 4) is 0 Å². The van der Waals surface area contributed by atoms with Crippen LogP contribution in [0.2, 0.25) is 0 Å². The lowest BCUT2D eigenvalue weighted by Crippen LogP contribution is -2.42. The van der Waals surface area contributed by atoms with Crippen LogP contribution in [0.3, 0.4) is 0 Å². The van der Waals surface area contributed by atoms with Gasteiger partial charge in [0.1, 0.15) is 6.04 Å². The molecule has 0 aromatic carbocycles. The average Bonchev–Trinajstić information content (AvgIpc) is 2.89. The van der Waals surface area contributed by atoms with Crippen molar-refractivity contribution in [2.75, 3.05) is 13.2 Å². The van der Waals surface area contributed by atoms with Crippen LogP contribution in [0.15, 0.2) is 0 Å². The third-order valence-electron chi connectivity index (χ3n) is 3.10. The first-order chi connectivity index (χ1) is 7.75. The Hall–Kier alpha value is -1.10. The van der Waals surface area contributed by atoms with E-state index < -0.39 is 0 Å². The van der Waals surface area contributed by atoms with E-state index in [0.29, 0.717) is 25.5 Å². The normalized spacial score (nSPS) is 29.1. The highest BCUT2D eigenvalue weighted by atomic mass is 16.5. The van der Waals surface area contributed by atoms with Gasteiger partial charge in [-0.05, 0) is 25.7 Å². The molecule has 2 fully saturated rings. The maximum absolute atomic E-state index is 11.6. The first-order valence-electron chi connectivity index (χ1n) is 5.94. The van der Waals surface area contributed by atoms with Crippen LogP contribution in [0.25, 0.3) is 0 Å². The lowest BCUT2D eigenvalue weighted by molar-refractivity contribution is -0.125. The zero-order valence-corrected chi connectivity index (χ0v) is 9.33. The molecule has 16 heavy (non-hydrogen) atoms. The summed E-state index contributed by atoms with van der Waals surface area (Å²) < 4.78 is 5.46. The fourth-order valence-electron chi connectivity index (χ4n) is 2.16. The predicted octanol–water partition coefficient (Wildman–Crippen LogP) is -0.0497. The van der Waals surface area contributed by atoms with Crippen molar-refractivity contribution in [2.24, 2.45) is 0 Å². The van der Waals surface area contributed by atoms with E-state index in [4.69, 9.17) is 4.74 Å². The number of amides is 2. The number of carbonyl (C=O) groups is 2. The molecular weight excluding hydrogens is 208 g/mol. The minimum Gasteiger partial charge on any atom is -0.378 e. The van der Waals surface area contributed by atoms with E-state index in [9.17, 15) is 9.59 Å². The summed E-state index contributed by atoms with van der Waals surface area (Å²) in [6, 6.07) is -0.322. The standard InChI is InChI=1S/C11H18N2O3/c14-10-4-3-9(13-10)11(15)12-6-5-8-2-1-7-16-8/h8-9H,1-7H2,(H,12,15)(H,13,14). The molecule has 2 aliphatic heterocycles. The molecule has 0 bridgehead atoms.